The number of nitrogens with zero attached hydrogens (tertiary/aromatic N) is 1. The Kier molecular flexibility index (Phi) is 6.25. The average molecular weight is 454 g/mol. The van der Waals surface area contributed by atoms with Crippen LogP contribution in [0.1, 0.15) is 40.0 Å². The molecule has 1 saturated heterocycles. The summed E-state index contributed by atoms with van der Waals surface area (Å²) < 4.78 is 40.2. The lowest BCUT2D eigenvalue weighted by atomic mass is 9.85. The highest BCUT2D eigenvalue weighted by molar-refractivity contribution is 6.44. The maximum atomic E-state index is 13.4. The lowest BCUT2D eigenvalue weighted by molar-refractivity contribution is -0.141. The van der Waals surface area contributed by atoms with Crippen LogP contribution in [0.5, 0.6) is 0 Å². The Hall–Kier alpha value is -2.71. The fourth-order valence-electron chi connectivity index (χ4n) is 3.68. The lowest BCUT2D eigenvalue weighted by Crippen LogP contribution is -2.36. The van der Waals surface area contributed by atoms with Gasteiger partial charge in [-0.1, -0.05) is 47.5 Å². The summed E-state index contributed by atoms with van der Waals surface area (Å²) in [7, 11) is 0. The van der Waals surface area contributed by atoms with E-state index in [0.29, 0.717) is 0 Å². The number of likely N-dealkylation sites (tertiary alicyclic amines) is 1. The van der Waals surface area contributed by atoms with Crippen LogP contribution >= 0.6 is 11.6 Å². The van der Waals surface area contributed by atoms with Crippen molar-refractivity contribution in [3.63, 3.8) is 0 Å². The number of aliphatic hydroxyl groups excluding tert-OH is 1. The monoisotopic (exact) mass is 453 g/mol. The van der Waals surface area contributed by atoms with Gasteiger partial charge in [0.05, 0.1) is 22.7 Å². The molecule has 2 aromatic carbocycles. The minimum atomic E-state index is -4.77. The summed E-state index contributed by atoms with van der Waals surface area (Å²) in [6.07, 6.45) is -5.84. The van der Waals surface area contributed by atoms with Gasteiger partial charge in [0.15, 0.2) is 5.78 Å². The third kappa shape index (κ3) is 4.50. The zero-order valence-electron chi connectivity index (χ0n) is 16.6. The molecule has 1 amide bonds. The van der Waals surface area contributed by atoms with Crippen molar-refractivity contribution in [3.05, 3.63) is 69.7 Å². The van der Waals surface area contributed by atoms with Gasteiger partial charge in [-0.3, -0.25) is 14.4 Å². The molecule has 1 fully saturated rings. The Morgan fingerprint density at radius 1 is 1.16 bits per heavy atom. The molecule has 3 unspecified atom stereocenters. The Bertz CT molecular complexity index is 1030. The van der Waals surface area contributed by atoms with Crippen molar-refractivity contribution < 1.29 is 32.7 Å². The Labute approximate surface area is 181 Å². The highest BCUT2D eigenvalue weighted by Crippen LogP contribution is 2.42. The van der Waals surface area contributed by atoms with Crippen LogP contribution in [0, 0.1) is 12.8 Å². The van der Waals surface area contributed by atoms with E-state index in [9.17, 15) is 32.7 Å². The number of β-amino-alcohol motifs (C(OH)–C–C–N with tert-alkyl or cyclic N) is 1. The number of carbonyl (C=O) groups is 3. The zero-order chi connectivity index (χ0) is 23.1. The number of Topliss-reactive ketones (excluding diaryl/α,β-unsaturated/α-hetero) is 2. The maximum Gasteiger partial charge on any atom is 0.417 e. The van der Waals surface area contributed by atoms with Crippen LogP contribution in [0.3, 0.4) is 0 Å². The molecule has 3 rings (SSSR count). The molecule has 5 nitrogen and oxygen atoms in total. The second-order valence-electron chi connectivity index (χ2n) is 7.56. The van der Waals surface area contributed by atoms with Gasteiger partial charge in [0.1, 0.15) is 5.92 Å². The van der Waals surface area contributed by atoms with E-state index in [4.69, 9.17) is 11.6 Å². The van der Waals surface area contributed by atoms with E-state index in [0.717, 1.165) is 22.6 Å². The summed E-state index contributed by atoms with van der Waals surface area (Å²) >= 11 is 5.70. The van der Waals surface area contributed by atoms with E-state index in [1.807, 2.05) is 0 Å². The van der Waals surface area contributed by atoms with Gasteiger partial charge in [-0.2, -0.15) is 13.2 Å². The molecule has 0 saturated carbocycles. The average Bonchev–Trinajstić information content (AvgIpc) is 2.92. The molecule has 0 bridgehead atoms. The quantitative estimate of drug-likeness (QED) is 0.422. The van der Waals surface area contributed by atoms with Crippen LogP contribution in [0.25, 0.3) is 0 Å². The molecule has 1 heterocycles. The number of halogens is 4. The van der Waals surface area contributed by atoms with E-state index in [-0.39, 0.29) is 17.7 Å². The first-order valence-corrected chi connectivity index (χ1v) is 9.80. The number of hydrogen-bond acceptors (Lipinski definition) is 4. The number of ketones is 2. The first kappa shape index (κ1) is 23.0. The Morgan fingerprint density at radius 2 is 1.77 bits per heavy atom. The molecule has 0 aliphatic carbocycles. The van der Waals surface area contributed by atoms with Gasteiger partial charge in [0, 0.05) is 12.1 Å². The summed E-state index contributed by atoms with van der Waals surface area (Å²) in [4.78, 5) is 39.5. The summed E-state index contributed by atoms with van der Waals surface area (Å²) in [5, 5.41) is 9.24. The minimum Gasteiger partial charge on any atom is -0.392 e. The number of amides is 1. The number of rotatable bonds is 5. The topological polar surface area (TPSA) is 74.7 Å². The predicted octanol–water partition coefficient (Wildman–Crippen LogP) is 4.00. The molecular weight excluding hydrogens is 435 g/mol. The SMILES string of the molecule is Cc1ccc(C(=O)C2C(=O)C(=O)N(CC(C)O)C2c2ccc(Cl)c(C(F)(F)F)c2)cc1. The van der Waals surface area contributed by atoms with Crippen LogP contribution in [0.15, 0.2) is 42.5 Å². The molecule has 164 valence electrons. The summed E-state index contributed by atoms with van der Waals surface area (Å²) in [5.41, 5.74) is -0.185. The van der Waals surface area contributed by atoms with Crippen molar-refractivity contribution in [1.82, 2.24) is 4.90 Å². The summed E-state index contributed by atoms with van der Waals surface area (Å²) in [5.74, 6) is -4.28. The molecule has 1 aliphatic rings. The fraction of sp³-hybridized carbons (Fsp3) is 0.318. The smallest absolute Gasteiger partial charge is 0.392 e. The number of alkyl halides is 3. The molecule has 1 aliphatic heterocycles. The molecule has 1 N–H and O–H groups in total. The van der Waals surface area contributed by atoms with Crippen LogP contribution in [-0.2, 0) is 15.8 Å². The molecular formula is C22H19ClF3NO4. The van der Waals surface area contributed by atoms with E-state index < -0.39 is 52.3 Å². The Morgan fingerprint density at radius 3 is 2.32 bits per heavy atom. The van der Waals surface area contributed by atoms with Crippen molar-refractivity contribution in [2.45, 2.75) is 32.2 Å². The van der Waals surface area contributed by atoms with Crippen molar-refractivity contribution in [3.8, 4) is 0 Å². The molecule has 9 heteroatoms. The van der Waals surface area contributed by atoms with E-state index in [2.05, 4.69) is 0 Å². The molecule has 31 heavy (non-hydrogen) atoms. The minimum absolute atomic E-state index is 0.0676. The molecule has 2 aromatic rings. The van der Waals surface area contributed by atoms with Gasteiger partial charge in [-0.05, 0) is 31.5 Å². The van der Waals surface area contributed by atoms with Crippen LogP contribution in [0.2, 0.25) is 5.02 Å². The second-order valence-corrected chi connectivity index (χ2v) is 7.97. The van der Waals surface area contributed by atoms with Gasteiger partial charge in [0.25, 0.3) is 5.91 Å². The van der Waals surface area contributed by atoms with E-state index >= 15 is 0 Å². The zero-order valence-corrected chi connectivity index (χ0v) is 17.4. The van der Waals surface area contributed by atoms with Crippen molar-refractivity contribution in [2.75, 3.05) is 6.54 Å². The summed E-state index contributed by atoms with van der Waals surface area (Å²) in [6, 6.07) is 7.99. The van der Waals surface area contributed by atoms with E-state index in [1.54, 1.807) is 19.1 Å². The van der Waals surface area contributed by atoms with Crippen LogP contribution < -0.4 is 0 Å². The predicted molar refractivity (Wildman–Crippen MR) is 107 cm³/mol. The van der Waals surface area contributed by atoms with E-state index in [1.165, 1.54) is 25.1 Å². The largest absolute Gasteiger partial charge is 0.417 e. The maximum absolute atomic E-state index is 13.4. The van der Waals surface area contributed by atoms with Gasteiger partial charge in [0.2, 0.25) is 5.78 Å². The van der Waals surface area contributed by atoms with Gasteiger partial charge >= 0.3 is 6.18 Å². The number of carbonyl (C=O) groups excluding carboxylic acids is 3. The van der Waals surface area contributed by atoms with Gasteiger partial charge < -0.3 is 10.0 Å². The second kappa shape index (κ2) is 8.43. The molecule has 0 spiro atoms. The Balaban J connectivity index is 2.15. The highest BCUT2D eigenvalue weighted by atomic mass is 35.5. The molecule has 0 radical (unpaired) electrons. The highest BCUT2D eigenvalue weighted by Gasteiger charge is 2.52. The lowest BCUT2D eigenvalue weighted by Gasteiger charge is -2.28. The summed E-state index contributed by atoms with van der Waals surface area (Å²) in [6.45, 7) is 2.85. The third-order valence-corrected chi connectivity index (χ3v) is 5.45. The first-order chi connectivity index (χ1) is 14.4. The van der Waals surface area contributed by atoms with Crippen LogP contribution in [-0.4, -0.2) is 40.1 Å². The first-order valence-electron chi connectivity index (χ1n) is 9.42. The number of benzene rings is 2. The number of aliphatic hydroxyl groups is 1. The van der Waals surface area contributed by atoms with Crippen molar-refractivity contribution in [1.29, 1.82) is 0 Å². The number of aryl methyl sites for hydroxylation is 1. The third-order valence-electron chi connectivity index (χ3n) is 5.12. The molecule has 0 aromatic heterocycles. The van der Waals surface area contributed by atoms with Crippen molar-refractivity contribution in [2.24, 2.45) is 5.92 Å². The number of hydrogen-bond donors (Lipinski definition) is 1. The van der Waals surface area contributed by atoms with Gasteiger partial charge in [-0.25, -0.2) is 0 Å². The molecule has 3 atom stereocenters. The standard InChI is InChI=1S/C22H19ClF3NO4/c1-11-3-5-13(6-4-11)19(29)17-18(27(10-12(2)28)21(31)20(17)30)14-7-8-16(23)15(9-14)22(24,25)26/h3-9,12,17-18,28H,10H2,1-2H3. The van der Waals surface area contributed by atoms with Crippen molar-refractivity contribution >= 4 is 29.1 Å². The van der Waals surface area contributed by atoms with Gasteiger partial charge in [-0.15, -0.1) is 0 Å². The van der Waals surface area contributed by atoms with Crippen LogP contribution in [0.4, 0.5) is 13.2 Å². The normalized spacial score (nSPS) is 20.3. The fourth-order valence-corrected chi connectivity index (χ4v) is 3.91.